The molecule has 1 aliphatic rings. The molecular formula is C25H49N3O5. The van der Waals surface area contributed by atoms with E-state index in [9.17, 15) is 14.4 Å². The lowest BCUT2D eigenvalue weighted by Gasteiger charge is -2.37. The monoisotopic (exact) mass is 471 g/mol. The number of likely N-dealkylation sites (tertiary alicyclic amines) is 1. The predicted molar refractivity (Wildman–Crippen MR) is 132 cm³/mol. The summed E-state index contributed by atoms with van der Waals surface area (Å²) in [5.74, 6) is -0.247. The quantitative estimate of drug-likeness (QED) is 0.451. The summed E-state index contributed by atoms with van der Waals surface area (Å²) in [5.41, 5.74) is 5.39. The number of methoxy groups -OCH3 is 1. The fraction of sp³-hybridized carbons (Fsp3) is 0.880. The van der Waals surface area contributed by atoms with E-state index in [0.29, 0.717) is 12.3 Å². The number of hydrogen-bond acceptors (Lipinski definition) is 5. The minimum Gasteiger partial charge on any atom is -0.481 e. The topological polar surface area (TPSA) is 113 Å². The van der Waals surface area contributed by atoms with Gasteiger partial charge in [-0.05, 0) is 43.7 Å². The van der Waals surface area contributed by atoms with Gasteiger partial charge >= 0.3 is 5.97 Å². The highest BCUT2D eigenvalue weighted by Crippen LogP contribution is 2.23. The van der Waals surface area contributed by atoms with Crippen molar-refractivity contribution in [1.82, 2.24) is 9.80 Å². The number of carbonyl (C=O) groups excluding carboxylic acids is 2. The lowest BCUT2D eigenvalue weighted by atomic mass is 9.90. The van der Waals surface area contributed by atoms with Crippen molar-refractivity contribution in [3.05, 3.63) is 0 Å². The maximum Gasteiger partial charge on any atom is 0.306 e. The fourth-order valence-electron chi connectivity index (χ4n) is 4.54. The van der Waals surface area contributed by atoms with Gasteiger partial charge in [0.2, 0.25) is 11.8 Å². The zero-order valence-electron chi connectivity index (χ0n) is 22.2. The van der Waals surface area contributed by atoms with Gasteiger partial charge in [-0.25, -0.2) is 0 Å². The highest BCUT2D eigenvalue weighted by molar-refractivity contribution is 5.80. The number of likely N-dealkylation sites (N-methyl/N-ethyl adjacent to an activating group) is 1. The van der Waals surface area contributed by atoms with E-state index in [0.717, 1.165) is 19.5 Å². The summed E-state index contributed by atoms with van der Waals surface area (Å²) in [7, 11) is 3.25. The van der Waals surface area contributed by atoms with Gasteiger partial charge < -0.3 is 20.5 Å². The molecule has 1 rings (SSSR count). The number of amides is 2. The molecule has 194 valence electrons. The number of nitrogens with two attached hydrogens (primary N) is 1. The molecule has 1 fully saturated rings. The second kappa shape index (κ2) is 16.0. The van der Waals surface area contributed by atoms with Crippen LogP contribution in [0.15, 0.2) is 0 Å². The summed E-state index contributed by atoms with van der Waals surface area (Å²) in [5, 5.41) is 9.00. The SMILES string of the molecule is CC(C)C(C(N)=O)N1CCCCC1.CCC(C)C(C(CC(=O)O)OC)N(C)C(=O)CC(C)C. The second-order valence-electron chi connectivity index (χ2n) is 10.0. The summed E-state index contributed by atoms with van der Waals surface area (Å²) in [6.07, 6.45) is 4.46. The Labute approximate surface area is 201 Å². The molecule has 0 aromatic heterocycles. The first-order valence-corrected chi connectivity index (χ1v) is 12.4. The largest absolute Gasteiger partial charge is 0.481 e. The molecule has 0 aliphatic carbocycles. The van der Waals surface area contributed by atoms with Crippen molar-refractivity contribution in [2.45, 2.75) is 98.3 Å². The molecule has 0 spiro atoms. The number of carbonyl (C=O) groups is 3. The highest BCUT2D eigenvalue weighted by atomic mass is 16.5. The zero-order chi connectivity index (χ0) is 25.7. The van der Waals surface area contributed by atoms with Crippen LogP contribution in [0.4, 0.5) is 0 Å². The van der Waals surface area contributed by atoms with Crippen LogP contribution < -0.4 is 5.73 Å². The minimum absolute atomic E-state index is 0.0396. The Morgan fingerprint density at radius 2 is 1.58 bits per heavy atom. The lowest BCUT2D eigenvalue weighted by Crippen LogP contribution is -2.50. The molecule has 0 saturated carbocycles. The normalized spacial score (nSPS) is 18.1. The van der Waals surface area contributed by atoms with E-state index in [4.69, 9.17) is 15.6 Å². The molecule has 0 aromatic rings. The standard InChI is InChI=1S/C15H29NO4.C10H20N2O/c1-7-11(4)15(12(20-6)9-14(18)19)16(5)13(17)8-10(2)3;1-8(2)9(10(11)13)12-6-4-3-5-7-12/h10-12,15H,7-9H2,1-6H3,(H,18,19);8-9H,3-7H2,1-2H3,(H2,11,13). The molecule has 1 heterocycles. The van der Waals surface area contributed by atoms with E-state index in [1.807, 2.05) is 27.7 Å². The maximum absolute atomic E-state index is 12.2. The van der Waals surface area contributed by atoms with Crippen molar-refractivity contribution in [1.29, 1.82) is 0 Å². The zero-order valence-corrected chi connectivity index (χ0v) is 22.2. The first-order valence-electron chi connectivity index (χ1n) is 12.4. The number of aliphatic carboxylic acids is 1. The second-order valence-corrected chi connectivity index (χ2v) is 10.0. The lowest BCUT2D eigenvalue weighted by molar-refractivity contribution is -0.146. The molecule has 33 heavy (non-hydrogen) atoms. The smallest absolute Gasteiger partial charge is 0.306 e. The molecule has 3 N–H and O–H groups in total. The van der Waals surface area contributed by atoms with Gasteiger partial charge in [0.15, 0.2) is 0 Å². The molecule has 4 unspecified atom stereocenters. The molecule has 2 amide bonds. The van der Waals surface area contributed by atoms with Crippen molar-refractivity contribution in [3.8, 4) is 0 Å². The maximum atomic E-state index is 12.2. The highest BCUT2D eigenvalue weighted by Gasteiger charge is 2.33. The fourth-order valence-corrected chi connectivity index (χ4v) is 4.54. The number of carboxylic acids is 1. The van der Waals surface area contributed by atoms with Gasteiger partial charge in [-0.1, -0.05) is 54.4 Å². The summed E-state index contributed by atoms with van der Waals surface area (Å²) in [6.45, 7) is 14.2. The van der Waals surface area contributed by atoms with Crippen LogP contribution in [-0.4, -0.2) is 78.1 Å². The Morgan fingerprint density at radius 1 is 1.03 bits per heavy atom. The van der Waals surface area contributed by atoms with Crippen molar-refractivity contribution in [2.24, 2.45) is 23.5 Å². The molecule has 4 atom stereocenters. The molecule has 0 radical (unpaired) electrons. The first kappa shape index (κ1) is 31.3. The van der Waals surface area contributed by atoms with Crippen molar-refractivity contribution in [3.63, 3.8) is 0 Å². The van der Waals surface area contributed by atoms with Gasteiger partial charge in [0.05, 0.1) is 24.6 Å². The van der Waals surface area contributed by atoms with Crippen LogP contribution in [0.25, 0.3) is 0 Å². The molecule has 8 nitrogen and oxygen atoms in total. The molecular weight excluding hydrogens is 422 g/mol. The third-order valence-corrected chi connectivity index (χ3v) is 6.42. The van der Waals surface area contributed by atoms with Gasteiger partial charge in [-0.2, -0.15) is 0 Å². The van der Waals surface area contributed by atoms with Crippen LogP contribution in [0, 0.1) is 17.8 Å². The Morgan fingerprint density at radius 3 is 1.94 bits per heavy atom. The summed E-state index contributed by atoms with van der Waals surface area (Å²) >= 11 is 0. The number of hydrogen-bond donors (Lipinski definition) is 2. The average Bonchev–Trinajstić information content (AvgIpc) is 2.72. The van der Waals surface area contributed by atoms with Crippen molar-refractivity contribution >= 4 is 17.8 Å². The Kier molecular flexibility index (Phi) is 15.2. The number of ether oxygens (including phenoxy) is 1. The third-order valence-electron chi connectivity index (χ3n) is 6.42. The molecule has 0 bridgehead atoms. The third kappa shape index (κ3) is 11.3. The Balaban J connectivity index is 0.000000676. The van der Waals surface area contributed by atoms with Gasteiger partial charge in [0.25, 0.3) is 0 Å². The Bertz CT molecular complexity index is 591. The molecule has 1 aliphatic heterocycles. The van der Waals surface area contributed by atoms with Crippen LogP contribution in [0.2, 0.25) is 0 Å². The van der Waals surface area contributed by atoms with E-state index in [1.165, 1.54) is 26.4 Å². The van der Waals surface area contributed by atoms with E-state index >= 15 is 0 Å². The van der Waals surface area contributed by atoms with Crippen LogP contribution in [0.5, 0.6) is 0 Å². The number of piperidine rings is 1. The molecule has 8 heteroatoms. The number of rotatable bonds is 12. The van der Waals surface area contributed by atoms with E-state index < -0.39 is 12.1 Å². The van der Waals surface area contributed by atoms with Crippen molar-refractivity contribution in [2.75, 3.05) is 27.2 Å². The van der Waals surface area contributed by atoms with Gasteiger partial charge in [0.1, 0.15) is 0 Å². The van der Waals surface area contributed by atoms with Crippen LogP contribution in [-0.2, 0) is 19.1 Å². The number of carboxylic acid groups (broad SMARTS) is 1. The predicted octanol–water partition coefficient (Wildman–Crippen LogP) is 3.38. The van der Waals surface area contributed by atoms with E-state index in [-0.39, 0.29) is 42.2 Å². The van der Waals surface area contributed by atoms with Gasteiger partial charge in [-0.3, -0.25) is 19.3 Å². The minimum atomic E-state index is -0.908. The van der Waals surface area contributed by atoms with Crippen LogP contribution in [0.1, 0.15) is 80.1 Å². The van der Waals surface area contributed by atoms with E-state index in [2.05, 4.69) is 18.7 Å². The summed E-state index contributed by atoms with van der Waals surface area (Å²) in [4.78, 5) is 38.3. The molecule has 0 aromatic carbocycles. The van der Waals surface area contributed by atoms with Gasteiger partial charge in [-0.15, -0.1) is 0 Å². The van der Waals surface area contributed by atoms with Crippen LogP contribution in [0.3, 0.4) is 0 Å². The average molecular weight is 472 g/mol. The molecule has 1 saturated heterocycles. The summed E-state index contributed by atoms with van der Waals surface area (Å²) < 4.78 is 5.35. The Hall–Kier alpha value is -1.67. The van der Waals surface area contributed by atoms with E-state index in [1.54, 1.807) is 11.9 Å². The van der Waals surface area contributed by atoms with Crippen LogP contribution >= 0.6 is 0 Å². The summed E-state index contributed by atoms with van der Waals surface area (Å²) in [6, 6.07) is -0.271. The number of primary amides is 1. The first-order chi connectivity index (χ1) is 15.4. The van der Waals surface area contributed by atoms with Gasteiger partial charge in [0, 0.05) is 20.6 Å². The van der Waals surface area contributed by atoms with Crippen molar-refractivity contribution < 1.29 is 24.2 Å². The number of nitrogens with zero attached hydrogens (tertiary/aromatic N) is 2.